The number of amides is 1. The average molecular weight is 384 g/mol. The highest BCUT2D eigenvalue weighted by atomic mass is 32.2. The molecule has 3 heterocycles. The van der Waals surface area contributed by atoms with Gasteiger partial charge in [-0.15, -0.1) is 0 Å². The predicted molar refractivity (Wildman–Crippen MR) is 105 cm³/mol. The maximum absolute atomic E-state index is 12.3. The lowest BCUT2D eigenvalue weighted by Crippen LogP contribution is -2.36. The zero-order chi connectivity index (χ0) is 18.6. The minimum atomic E-state index is -0.0743. The summed E-state index contributed by atoms with van der Waals surface area (Å²) in [7, 11) is 1.83. The Balaban J connectivity index is 1.35. The van der Waals surface area contributed by atoms with E-state index in [1.165, 1.54) is 18.1 Å². The summed E-state index contributed by atoms with van der Waals surface area (Å²) in [4.78, 5) is 23.0. The largest absolute Gasteiger partial charge is 0.378 e. The summed E-state index contributed by atoms with van der Waals surface area (Å²) < 4.78 is 7.07. The Labute approximate surface area is 160 Å². The van der Waals surface area contributed by atoms with Gasteiger partial charge in [-0.3, -0.25) is 9.48 Å². The summed E-state index contributed by atoms with van der Waals surface area (Å²) in [5.74, 6) is 0.196. The molecule has 140 valence electrons. The smallest absolute Gasteiger partial charge is 0.234 e. The Morgan fingerprint density at radius 1 is 1.22 bits per heavy atom. The molecule has 1 aromatic carbocycles. The van der Waals surface area contributed by atoms with E-state index in [9.17, 15) is 4.79 Å². The molecule has 1 aliphatic rings. The third-order valence-corrected chi connectivity index (χ3v) is 5.37. The standard InChI is InChI=1S/C18H20N6O2S/c1-23-17-15(10-21-23)18(20-12-19-17)27-11-16(25)22-13-2-4-14(5-3-13)24-6-8-26-9-7-24/h2-5,10,12H,6-9,11H2,1H3,(H,22,25). The van der Waals surface area contributed by atoms with Crippen molar-refractivity contribution in [2.45, 2.75) is 5.03 Å². The fourth-order valence-electron chi connectivity index (χ4n) is 2.96. The number of rotatable bonds is 5. The van der Waals surface area contributed by atoms with Crippen molar-refractivity contribution in [1.82, 2.24) is 19.7 Å². The summed E-state index contributed by atoms with van der Waals surface area (Å²) in [5.41, 5.74) is 2.68. The van der Waals surface area contributed by atoms with Crippen LogP contribution in [0.3, 0.4) is 0 Å². The number of carbonyl (C=O) groups is 1. The number of benzene rings is 1. The molecule has 9 heteroatoms. The molecule has 3 aromatic rings. The van der Waals surface area contributed by atoms with Crippen molar-refractivity contribution in [1.29, 1.82) is 0 Å². The third-order valence-electron chi connectivity index (χ3n) is 4.36. The highest BCUT2D eigenvalue weighted by molar-refractivity contribution is 8.00. The zero-order valence-corrected chi connectivity index (χ0v) is 15.8. The van der Waals surface area contributed by atoms with E-state index in [0.29, 0.717) is 0 Å². The first-order valence-electron chi connectivity index (χ1n) is 8.69. The molecule has 1 aliphatic heterocycles. The van der Waals surface area contributed by atoms with E-state index in [4.69, 9.17) is 4.74 Å². The minimum Gasteiger partial charge on any atom is -0.378 e. The molecule has 0 unspecified atom stereocenters. The summed E-state index contributed by atoms with van der Waals surface area (Å²) in [6.45, 7) is 3.29. The second-order valence-electron chi connectivity index (χ2n) is 6.17. The van der Waals surface area contributed by atoms with Crippen molar-refractivity contribution < 1.29 is 9.53 Å². The Bertz CT molecular complexity index is 937. The molecule has 0 atom stereocenters. The fourth-order valence-corrected chi connectivity index (χ4v) is 3.72. The van der Waals surface area contributed by atoms with Crippen LogP contribution in [0.2, 0.25) is 0 Å². The Morgan fingerprint density at radius 2 is 2.00 bits per heavy atom. The van der Waals surface area contributed by atoms with Crippen LogP contribution >= 0.6 is 11.8 Å². The number of morpholine rings is 1. The van der Waals surface area contributed by atoms with Crippen LogP contribution in [0.4, 0.5) is 11.4 Å². The minimum absolute atomic E-state index is 0.0743. The molecule has 1 N–H and O–H groups in total. The number of hydrogen-bond donors (Lipinski definition) is 1. The molecule has 1 fully saturated rings. The normalized spacial score (nSPS) is 14.5. The molecule has 1 saturated heterocycles. The molecular weight excluding hydrogens is 364 g/mol. The van der Waals surface area contributed by atoms with Gasteiger partial charge in [0, 0.05) is 31.5 Å². The third kappa shape index (κ3) is 4.04. The van der Waals surface area contributed by atoms with Crippen molar-refractivity contribution in [2.75, 3.05) is 42.3 Å². The maximum Gasteiger partial charge on any atom is 0.234 e. The van der Waals surface area contributed by atoms with E-state index in [2.05, 4.69) is 25.3 Å². The van der Waals surface area contributed by atoms with Gasteiger partial charge in [-0.05, 0) is 24.3 Å². The Hall–Kier alpha value is -2.65. The monoisotopic (exact) mass is 384 g/mol. The molecule has 0 radical (unpaired) electrons. The van der Waals surface area contributed by atoms with Crippen molar-refractivity contribution in [3.05, 3.63) is 36.8 Å². The lowest BCUT2D eigenvalue weighted by molar-refractivity contribution is -0.113. The fraction of sp³-hybridized carbons (Fsp3) is 0.333. The Morgan fingerprint density at radius 3 is 2.78 bits per heavy atom. The van der Waals surface area contributed by atoms with Gasteiger partial charge in [0.1, 0.15) is 11.4 Å². The average Bonchev–Trinajstić information content (AvgIpc) is 3.09. The van der Waals surface area contributed by atoms with Gasteiger partial charge >= 0.3 is 0 Å². The molecule has 8 nitrogen and oxygen atoms in total. The number of nitrogens with zero attached hydrogens (tertiary/aromatic N) is 5. The highest BCUT2D eigenvalue weighted by Gasteiger charge is 2.12. The van der Waals surface area contributed by atoms with E-state index >= 15 is 0 Å². The number of carbonyl (C=O) groups excluding carboxylic acids is 1. The molecule has 0 spiro atoms. The van der Waals surface area contributed by atoms with Crippen molar-refractivity contribution in [3.63, 3.8) is 0 Å². The van der Waals surface area contributed by atoms with Crippen LogP contribution in [0.5, 0.6) is 0 Å². The number of thioether (sulfide) groups is 1. The van der Waals surface area contributed by atoms with Crippen LogP contribution in [0.1, 0.15) is 0 Å². The number of anilines is 2. The first-order chi connectivity index (χ1) is 13.2. The summed E-state index contributed by atoms with van der Waals surface area (Å²) in [5, 5.41) is 8.72. The molecule has 4 rings (SSSR count). The van der Waals surface area contributed by atoms with E-state index in [-0.39, 0.29) is 11.7 Å². The van der Waals surface area contributed by atoms with Gasteiger partial charge in [-0.25, -0.2) is 9.97 Å². The number of aryl methyl sites for hydroxylation is 1. The van der Waals surface area contributed by atoms with Gasteiger partial charge in [-0.2, -0.15) is 5.10 Å². The van der Waals surface area contributed by atoms with Gasteiger partial charge in [0.05, 0.1) is 30.5 Å². The van der Waals surface area contributed by atoms with Gasteiger partial charge in [0.15, 0.2) is 5.65 Å². The molecule has 0 bridgehead atoms. The lowest BCUT2D eigenvalue weighted by atomic mass is 10.2. The first kappa shape index (κ1) is 17.7. The van der Waals surface area contributed by atoms with E-state index in [0.717, 1.165) is 53.7 Å². The number of aromatic nitrogens is 4. The predicted octanol–water partition coefficient (Wildman–Crippen LogP) is 1.93. The van der Waals surface area contributed by atoms with Crippen LogP contribution in [-0.2, 0) is 16.6 Å². The molecule has 1 amide bonds. The molecular formula is C18H20N6O2S. The number of ether oxygens (including phenoxy) is 1. The topological polar surface area (TPSA) is 85.2 Å². The highest BCUT2D eigenvalue weighted by Crippen LogP contribution is 2.24. The lowest BCUT2D eigenvalue weighted by Gasteiger charge is -2.28. The number of hydrogen-bond acceptors (Lipinski definition) is 7. The van der Waals surface area contributed by atoms with Gasteiger partial charge in [-0.1, -0.05) is 11.8 Å². The molecule has 2 aromatic heterocycles. The quantitative estimate of drug-likeness (QED) is 0.531. The second-order valence-corrected chi connectivity index (χ2v) is 7.13. The van der Waals surface area contributed by atoms with E-state index in [1.54, 1.807) is 10.9 Å². The summed E-state index contributed by atoms with van der Waals surface area (Å²) >= 11 is 1.38. The Kier molecular flexibility index (Phi) is 5.21. The van der Waals surface area contributed by atoms with Gasteiger partial charge < -0.3 is 15.0 Å². The van der Waals surface area contributed by atoms with Gasteiger partial charge in [0.25, 0.3) is 0 Å². The summed E-state index contributed by atoms with van der Waals surface area (Å²) in [6, 6.07) is 7.91. The number of fused-ring (bicyclic) bond motifs is 1. The SMILES string of the molecule is Cn1ncc2c(SCC(=O)Nc3ccc(N4CCOCC4)cc3)ncnc21. The molecule has 0 aliphatic carbocycles. The number of nitrogens with one attached hydrogen (secondary N) is 1. The van der Waals surface area contributed by atoms with E-state index in [1.807, 2.05) is 31.3 Å². The van der Waals surface area contributed by atoms with Crippen molar-refractivity contribution in [3.8, 4) is 0 Å². The second kappa shape index (κ2) is 7.93. The van der Waals surface area contributed by atoms with Crippen LogP contribution in [-0.4, -0.2) is 57.7 Å². The van der Waals surface area contributed by atoms with Crippen LogP contribution in [0.25, 0.3) is 11.0 Å². The maximum atomic E-state index is 12.3. The van der Waals surface area contributed by atoms with Gasteiger partial charge in [0.2, 0.25) is 5.91 Å². The summed E-state index contributed by atoms with van der Waals surface area (Å²) in [6.07, 6.45) is 3.22. The van der Waals surface area contributed by atoms with E-state index < -0.39 is 0 Å². The molecule has 27 heavy (non-hydrogen) atoms. The van der Waals surface area contributed by atoms with Crippen LogP contribution < -0.4 is 10.2 Å². The zero-order valence-electron chi connectivity index (χ0n) is 15.0. The van der Waals surface area contributed by atoms with Crippen molar-refractivity contribution in [2.24, 2.45) is 7.05 Å². The molecule has 0 saturated carbocycles. The van der Waals surface area contributed by atoms with Crippen molar-refractivity contribution >= 4 is 40.1 Å². The van der Waals surface area contributed by atoms with Crippen LogP contribution in [0, 0.1) is 0 Å². The first-order valence-corrected chi connectivity index (χ1v) is 9.67. The van der Waals surface area contributed by atoms with Crippen LogP contribution in [0.15, 0.2) is 41.8 Å².